The Morgan fingerprint density at radius 3 is 2.38 bits per heavy atom. The molecule has 1 saturated heterocycles. The molecule has 1 aliphatic rings. The first-order valence-electron chi connectivity index (χ1n) is 10.9. The van der Waals surface area contributed by atoms with Gasteiger partial charge in [-0.2, -0.15) is 14.8 Å². The number of aromatic nitrogens is 1. The molecule has 1 amide bonds. The minimum atomic E-state index is -3.68. The Balaban J connectivity index is 1.42. The average Bonchev–Trinajstić information content (AvgIpc) is 3.23. The van der Waals surface area contributed by atoms with E-state index in [9.17, 15) is 13.2 Å². The van der Waals surface area contributed by atoms with Gasteiger partial charge < -0.3 is 9.47 Å². The van der Waals surface area contributed by atoms with Crippen LogP contribution in [0.25, 0.3) is 17.0 Å². The predicted molar refractivity (Wildman–Crippen MR) is 128 cm³/mol. The van der Waals surface area contributed by atoms with Crippen LogP contribution in [0.2, 0.25) is 0 Å². The summed E-state index contributed by atoms with van der Waals surface area (Å²) in [7, 11) is -3.68. The number of carbonyl (C=O) groups excluding carboxylic acids is 1. The van der Waals surface area contributed by atoms with E-state index in [1.165, 1.54) is 34.6 Å². The van der Waals surface area contributed by atoms with E-state index in [1.54, 1.807) is 11.0 Å². The summed E-state index contributed by atoms with van der Waals surface area (Å²) in [5.74, 6) is -0.177. The summed E-state index contributed by atoms with van der Waals surface area (Å²) in [6.07, 6.45) is 5.62. The third-order valence-electron chi connectivity index (χ3n) is 5.86. The number of rotatable bonds is 6. The van der Waals surface area contributed by atoms with E-state index in [2.05, 4.69) is 6.07 Å². The molecule has 9 heteroatoms. The molecule has 0 spiro atoms. The molecule has 0 radical (unpaired) electrons. The van der Waals surface area contributed by atoms with Crippen molar-refractivity contribution in [2.24, 2.45) is 0 Å². The lowest BCUT2D eigenvalue weighted by Gasteiger charge is -2.33. The fraction of sp³-hybridized carbons (Fsp3) is 0.240. The molecule has 1 fully saturated rings. The second-order valence-corrected chi connectivity index (χ2v) is 9.84. The fourth-order valence-corrected chi connectivity index (χ4v) is 5.45. The van der Waals surface area contributed by atoms with Gasteiger partial charge in [0.1, 0.15) is 0 Å². The zero-order valence-electron chi connectivity index (χ0n) is 18.5. The number of piperazine rings is 1. The van der Waals surface area contributed by atoms with E-state index in [0.717, 1.165) is 16.5 Å². The summed E-state index contributed by atoms with van der Waals surface area (Å²) >= 11 is 0. The molecule has 4 rings (SSSR count). The van der Waals surface area contributed by atoms with Gasteiger partial charge in [-0.3, -0.25) is 4.79 Å². The first kappa shape index (κ1) is 23.2. The Hall–Kier alpha value is -3.92. The predicted octanol–water partition coefficient (Wildman–Crippen LogP) is 2.97. The maximum atomic E-state index is 12.9. The summed E-state index contributed by atoms with van der Waals surface area (Å²) in [5, 5.41) is 18.8. The smallest absolute Gasteiger partial charge is 0.246 e. The van der Waals surface area contributed by atoms with E-state index in [1.807, 2.05) is 41.1 Å². The van der Waals surface area contributed by atoms with Gasteiger partial charge in [0.15, 0.2) is 0 Å². The van der Waals surface area contributed by atoms with Crippen LogP contribution in [0.15, 0.2) is 65.7 Å². The summed E-state index contributed by atoms with van der Waals surface area (Å²) in [6, 6.07) is 17.8. The van der Waals surface area contributed by atoms with Crippen LogP contribution in [0.3, 0.4) is 0 Å². The Bertz CT molecular complexity index is 1420. The molecule has 3 aromatic rings. The molecule has 1 aliphatic heterocycles. The van der Waals surface area contributed by atoms with Crippen LogP contribution in [-0.2, 0) is 21.4 Å². The Morgan fingerprint density at radius 2 is 1.71 bits per heavy atom. The molecule has 2 aromatic carbocycles. The van der Waals surface area contributed by atoms with E-state index >= 15 is 0 Å². The molecule has 0 bridgehead atoms. The summed E-state index contributed by atoms with van der Waals surface area (Å²) < 4.78 is 29.1. The number of sulfonamides is 1. The quantitative estimate of drug-likeness (QED) is 0.511. The number of amides is 1. The third kappa shape index (κ3) is 4.72. The molecule has 0 aliphatic carbocycles. The zero-order chi connectivity index (χ0) is 24.1. The molecule has 0 N–H and O–H groups in total. The maximum Gasteiger partial charge on any atom is 0.246 e. The number of nitrogens with zero attached hydrogens (tertiary/aromatic N) is 5. The number of para-hydroxylation sites is 1. The molecular weight excluding hydrogens is 450 g/mol. The number of aryl methyl sites for hydroxylation is 1. The highest BCUT2D eigenvalue weighted by molar-refractivity contribution is 7.89. The number of fused-ring (bicyclic) bond motifs is 1. The average molecular weight is 474 g/mol. The molecular formula is C25H23N5O3S. The number of hydrogen-bond donors (Lipinski definition) is 0. The highest BCUT2D eigenvalue weighted by Gasteiger charge is 2.29. The van der Waals surface area contributed by atoms with Crippen LogP contribution < -0.4 is 0 Å². The van der Waals surface area contributed by atoms with Gasteiger partial charge in [0.05, 0.1) is 29.0 Å². The van der Waals surface area contributed by atoms with E-state index < -0.39 is 10.0 Å². The van der Waals surface area contributed by atoms with Gasteiger partial charge in [-0.15, -0.1) is 0 Å². The number of hydrogen-bond acceptors (Lipinski definition) is 5. The SMILES string of the molecule is N#CCCn1cc(/C=C/C(=O)N2CCN(S(=O)(=O)c3ccc(C#N)cc3)CC2)c2ccccc21. The number of carbonyl (C=O) groups is 1. The van der Waals surface area contributed by atoms with Crippen molar-refractivity contribution >= 4 is 32.9 Å². The standard InChI is InChI=1S/C25H23N5O3S/c26-12-3-13-29-19-21(23-4-1-2-5-24(23)29)8-11-25(31)28-14-16-30(17-15-28)34(32,33)22-9-6-20(18-27)7-10-22/h1-2,4-11,19H,3,13-17H2/b11-8+. The number of nitriles is 2. The van der Waals surface area contributed by atoms with Crippen LogP contribution in [0.1, 0.15) is 17.5 Å². The van der Waals surface area contributed by atoms with Crippen molar-refractivity contribution < 1.29 is 13.2 Å². The largest absolute Gasteiger partial charge is 0.346 e. The monoisotopic (exact) mass is 473 g/mol. The van der Waals surface area contributed by atoms with Crippen molar-refractivity contribution in [2.45, 2.75) is 17.9 Å². The van der Waals surface area contributed by atoms with Crippen molar-refractivity contribution in [3.05, 3.63) is 71.9 Å². The third-order valence-corrected chi connectivity index (χ3v) is 7.77. The van der Waals surface area contributed by atoms with Gasteiger partial charge in [-0.1, -0.05) is 18.2 Å². The van der Waals surface area contributed by atoms with Crippen molar-refractivity contribution in [3.8, 4) is 12.1 Å². The molecule has 1 aromatic heterocycles. The van der Waals surface area contributed by atoms with E-state index in [-0.39, 0.29) is 23.9 Å². The highest BCUT2D eigenvalue weighted by atomic mass is 32.2. The van der Waals surface area contributed by atoms with Gasteiger partial charge in [-0.05, 0) is 36.4 Å². The van der Waals surface area contributed by atoms with Crippen molar-refractivity contribution in [3.63, 3.8) is 0 Å². The van der Waals surface area contributed by atoms with Gasteiger partial charge in [0, 0.05) is 61.5 Å². The molecule has 172 valence electrons. The van der Waals surface area contributed by atoms with Crippen LogP contribution in [-0.4, -0.2) is 54.3 Å². The summed E-state index contributed by atoms with van der Waals surface area (Å²) in [5.41, 5.74) is 2.30. The zero-order valence-corrected chi connectivity index (χ0v) is 19.3. The van der Waals surface area contributed by atoms with E-state index in [0.29, 0.717) is 31.6 Å². The lowest BCUT2D eigenvalue weighted by atomic mass is 10.1. The van der Waals surface area contributed by atoms with E-state index in [4.69, 9.17) is 10.5 Å². The minimum Gasteiger partial charge on any atom is -0.346 e. The number of benzene rings is 2. The van der Waals surface area contributed by atoms with Crippen LogP contribution in [0.4, 0.5) is 0 Å². The Labute approximate surface area is 198 Å². The molecule has 8 nitrogen and oxygen atoms in total. The normalized spacial score (nSPS) is 14.8. The lowest BCUT2D eigenvalue weighted by molar-refractivity contribution is -0.127. The maximum absolute atomic E-state index is 12.9. The second-order valence-electron chi connectivity index (χ2n) is 7.90. The first-order chi connectivity index (χ1) is 16.4. The van der Waals surface area contributed by atoms with Crippen LogP contribution in [0.5, 0.6) is 0 Å². The van der Waals surface area contributed by atoms with Gasteiger partial charge in [0.2, 0.25) is 15.9 Å². The van der Waals surface area contributed by atoms with Gasteiger partial charge in [0.25, 0.3) is 0 Å². The van der Waals surface area contributed by atoms with Gasteiger partial charge in [-0.25, -0.2) is 8.42 Å². The van der Waals surface area contributed by atoms with Crippen molar-refractivity contribution in [2.75, 3.05) is 26.2 Å². The fourth-order valence-electron chi connectivity index (χ4n) is 4.03. The molecule has 0 unspecified atom stereocenters. The summed E-state index contributed by atoms with van der Waals surface area (Å²) in [6.45, 7) is 1.57. The highest BCUT2D eigenvalue weighted by Crippen LogP contribution is 2.23. The Kier molecular flexibility index (Phi) is 6.78. The Morgan fingerprint density at radius 1 is 1.00 bits per heavy atom. The van der Waals surface area contributed by atoms with Crippen LogP contribution >= 0.6 is 0 Å². The minimum absolute atomic E-state index is 0.138. The molecule has 34 heavy (non-hydrogen) atoms. The van der Waals surface area contributed by atoms with Crippen LogP contribution in [0, 0.1) is 22.7 Å². The molecule has 0 atom stereocenters. The summed E-state index contributed by atoms with van der Waals surface area (Å²) in [4.78, 5) is 14.5. The second kappa shape index (κ2) is 9.92. The van der Waals surface area contributed by atoms with Crippen molar-refractivity contribution in [1.29, 1.82) is 10.5 Å². The molecule has 2 heterocycles. The lowest BCUT2D eigenvalue weighted by Crippen LogP contribution is -2.50. The van der Waals surface area contributed by atoms with Gasteiger partial charge >= 0.3 is 0 Å². The molecule has 0 saturated carbocycles. The van der Waals surface area contributed by atoms with Crippen molar-refractivity contribution in [1.82, 2.24) is 13.8 Å². The first-order valence-corrected chi connectivity index (χ1v) is 12.3. The topological polar surface area (TPSA) is 110 Å².